The number of carbonyl (C=O) groups is 2. The van der Waals surface area contributed by atoms with E-state index in [1.807, 2.05) is 0 Å². The number of nitrogens with zero attached hydrogens (tertiary/aromatic N) is 2. The summed E-state index contributed by atoms with van der Waals surface area (Å²) in [6.07, 6.45) is -3.42. The molecule has 3 amide bonds. The second-order valence-corrected chi connectivity index (χ2v) is 7.01. The number of nitrogens with one attached hydrogen (secondary N) is 2. The molecule has 0 spiro atoms. The first kappa shape index (κ1) is 24.8. The van der Waals surface area contributed by atoms with Gasteiger partial charge in [-0.25, -0.2) is 4.79 Å². The minimum atomic E-state index is -4.67. The summed E-state index contributed by atoms with van der Waals surface area (Å²) in [4.78, 5) is 27.6. The Hall–Kier alpha value is -3.87. The van der Waals surface area contributed by atoms with Gasteiger partial charge in [-0.05, 0) is 48.5 Å². The Morgan fingerprint density at radius 2 is 1.68 bits per heavy atom. The molecular weight excluding hydrogens is 481 g/mol. The van der Waals surface area contributed by atoms with Gasteiger partial charge >= 0.3 is 12.2 Å². The number of aliphatic hydroxyl groups excluding tert-OH is 1. The van der Waals surface area contributed by atoms with E-state index in [9.17, 15) is 28.0 Å². The monoisotopic (exact) mass is 495 g/mol. The molecule has 0 saturated heterocycles. The number of carbonyl (C=O) groups excluding carboxylic acids is 2. The van der Waals surface area contributed by atoms with Crippen LogP contribution in [0, 0.1) is 5.21 Å². The number of hydrogen-bond acceptors (Lipinski definition) is 6. The lowest BCUT2D eigenvalue weighted by Gasteiger charge is -2.24. The predicted octanol–water partition coefficient (Wildman–Crippen LogP) is 5.08. The largest absolute Gasteiger partial charge is 0.754 e. The van der Waals surface area contributed by atoms with Crippen LogP contribution in [0.1, 0.15) is 16.1 Å². The normalized spacial score (nSPS) is 11.0. The third kappa shape index (κ3) is 6.34. The number of aromatic nitrogens is 1. The van der Waals surface area contributed by atoms with Crippen molar-refractivity contribution in [2.45, 2.75) is 6.18 Å². The summed E-state index contributed by atoms with van der Waals surface area (Å²) in [6.45, 7) is -1.02. The van der Waals surface area contributed by atoms with Crippen LogP contribution in [-0.4, -0.2) is 33.8 Å². The molecule has 0 aliphatic heterocycles. The highest BCUT2D eigenvalue weighted by Crippen LogP contribution is 2.36. The molecule has 3 rings (SSSR count). The van der Waals surface area contributed by atoms with E-state index in [0.717, 1.165) is 12.1 Å². The maximum absolute atomic E-state index is 12.9. The second kappa shape index (κ2) is 10.4. The zero-order chi connectivity index (χ0) is 24.9. The van der Waals surface area contributed by atoms with Crippen molar-refractivity contribution in [3.05, 3.63) is 82.3 Å². The molecule has 0 radical (unpaired) electrons. The van der Waals surface area contributed by atoms with Crippen LogP contribution in [-0.2, 0) is 6.18 Å². The lowest BCUT2D eigenvalue weighted by Crippen LogP contribution is -2.26. The Morgan fingerprint density at radius 3 is 2.32 bits per heavy atom. The van der Waals surface area contributed by atoms with E-state index in [1.165, 1.54) is 48.7 Å². The Balaban J connectivity index is 1.62. The molecule has 0 fully saturated rings. The number of amides is 3. The molecule has 1 heterocycles. The van der Waals surface area contributed by atoms with E-state index in [-0.39, 0.29) is 22.2 Å². The highest BCUT2D eigenvalue weighted by atomic mass is 35.5. The first-order chi connectivity index (χ1) is 16.1. The fourth-order valence-corrected chi connectivity index (χ4v) is 2.86. The molecule has 0 aliphatic rings. The van der Waals surface area contributed by atoms with Gasteiger partial charge in [-0.3, -0.25) is 9.78 Å². The first-order valence-corrected chi connectivity index (χ1v) is 9.73. The van der Waals surface area contributed by atoms with Crippen LogP contribution >= 0.6 is 11.6 Å². The van der Waals surface area contributed by atoms with Gasteiger partial charge < -0.3 is 30.7 Å². The summed E-state index contributed by atoms with van der Waals surface area (Å²) in [5, 5.41) is 24.1. The third-order valence-corrected chi connectivity index (χ3v) is 4.51. The van der Waals surface area contributed by atoms with Gasteiger partial charge in [0.1, 0.15) is 23.9 Å². The van der Waals surface area contributed by atoms with Crippen molar-refractivity contribution < 1.29 is 32.6 Å². The number of urea groups is 1. The zero-order valence-corrected chi connectivity index (χ0v) is 17.7. The number of pyridine rings is 1. The maximum atomic E-state index is 12.9. The van der Waals surface area contributed by atoms with Crippen molar-refractivity contribution in [2.24, 2.45) is 0 Å². The fraction of sp³-hybridized carbons (Fsp3) is 0.0952. The van der Waals surface area contributed by atoms with Crippen molar-refractivity contribution >= 4 is 34.9 Å². The number of anilines is 2. The van der Waals surface area contributed by atoms with E-state index in [0.29, 0.717) is 11.4 Å². The van der Waals surface area contributed by atoms with E-state index in [4.69, 9.17) is 21.4 Å². The SMILES string of the molecule is O=C(Nc1ccc(Oc2ccnc(C(=O)N([O-])CO)c2)cc1)Nc1ccc(Cl)c(C(F)(F)F)c1. The van der Waals surface area contributed by atoms with E-state index >= 15 is 0 Å². The Morgan fingerprint density at radius 1 is 1.03 bits per heavy atom. The molecule has 0 unspecified atom stereocenters. The van der Waals surface area contributed by atoms with Crippen LogP contribution in [0.3, 0.4) is 0 Å². The lowest BCUT2D eigenvalue weighted by atomic mass is 10.2. The quantitative estimate of drug-likeness (QED) is 0.323. The zero-order valence-electron chi connectivity index (χ0n) is 17.0. The highest BCUT2D eigenvalue weighted by Gasteiger charge is 2.33. The van der Waals surface area contributed by atoms with Crippen LogP contribution in [0.25, 0.3) is 0 Å². The number of rotatable bonds is 6. The van der Waals surface area contributed by atoms with Crippen molar-refractivity contribution in [3.63, 3.8) is 0 Å². The molecule has 3 N–H and O–H groups in total. The van der Waals surface area contributed by atoms with Gasteiger partial charge in [0, 0.05) is 23.6 Å². The molecule has 9 nitrogen and oxygen atoms in total. The molecule has 0 aliphatic carbocycles. The maximum Gasteiger partial charge on any atom is 0.417 e. The molecule has 178 valence electrons. The number of benzene rings is 2. The number of halogens is 4. The van der Waals surface area contributed by atoms with Gasteiger partial charge in [0.15, 0.2) is 0 Å². The minimum Gasteiger partial charge on any atom is -0.754 e. The number of hydrogen-bond donors (Lipinski definition) is 3. The van der Waals surface area contributed by atoms with Gasteiger partial charge in [0.05, 0.1) is 10.6 Å². The van der Waals surface area contributed by atoms with Crippen LogP contribution < -0.4 is 15.4 Å². The van der Waals surface area contributed by atoms with Crippen LogP contribution in [0.15, 0.2) is 60.8 Å². The minimum absolute atomic E-state index is 0.102. The van der Waals surface area contributed by atoms with E-state index in [2.05, 4.69) is 15.6 Å². The highest BCUT2D eigenvalue weighted by molar-refractivity contribution is 6.31. The van der Waals surface area contributed by atoms with Gasteiger partial charge in [-0.1, -0.05) is 11.6 Å². The molecule has 0 saturated carbocycles. The molecule has 13 heteroatoms. The Labute approximate surface area is 195 Å². The second-order valence-electron chi connectivity index (χ2n) is 6.60. The number of ether oxygens (including phenoxy) is 1. The van der Waals surface area contributed by atoms with Gasteiger partial charge in [0.25, 0.3) is 5.91 Å². The number of hydroxylamine groups is 2. The van der Waals surface area contributed by atoms with Crippen molar-refractivity contribution in [3.8, 4) is 11.5 Å². The Kier molecular flexibility index (Phi) is 7.56. The average Bonchev–Trinajstić information content (AvgIpc) is 2.80. The Bertz CT molecular complexity index is 1190. The van der Waals surface area contributed by atoms with E-state index in [1.54, 1.807) is 0 Å². The molecule has 1 aromatic heterocycles. The van der Waals surface area contributed by atoms with Gasteiger partial charge in [0.2, 0.25) is 0 Å². The molecular formula is C21H15ClF3N4O5-. The van der Waals surface area contributed by atoms with Gasteiger partial charge in [-0.2, -0.15) is 13.2 Å². The van der Waals surface area contributed by atoms with Gasteiger partial charge in [-0.15, -0.1) is 0 Å². The number of aliphatic hydroxyl groups is 1. The van der Waals surface area contributed by atoms with Crippen LogP contribution in [0.4, 0.5) is 29.3 Å². The summed E-state index contributed by atoms with van der Waals surface area (Å²) in [6, 6.07) is 10.7. The first-order valence-electron chi connectivity index (χ1n) is 9.35. The van der Waals surface area contributed by atoms with Crippen molar-refractivity contribution in [1.82, 2.24) is 10.0 Å². The smallest absolute Gasteiger partial charge is 0.417 e. The lowest BCUT2D eigenvalue weighted by molar-refractivity contribution is -0.137. The summed E-state index contributed by atoms with van der Waals surface area (Å²) in [7, 11) is 0. The summed E-state index contributed by atoms with van der Waals surface area (Å²) < 4.78 is 44.4. The molecule has 2 aromatic carbocycles. The summed E-state index contributed by atoms with van der Waals surface area (Å²) >= 11 is 5.56. The fourth-order valence-electron chi connectivity index (χ4n) is 2.64. The average molecular weight is 496 g/mol. The third-order valence-electron chi connectivity index (χ3n) is 4.18. The summed E-state index contributed by atoms with van der Waals surface area (Å²) in [5.41, 5.74) is -1.10. The van der Waals surface area contributed by atoms with Crippen molar-refractivity contribution in [2.75, 3.05) is 17.4 Å². The van der Waals surface area contributed by atoms with Crippen LogP contribution in [0.5, 0.6) is 11.5 Å². The predicted molar refractivity (Wildman–Crippen MR) is 116 cm³/mol. The molecule has 3 aromatic rings. The standard InChI is InChI=1S/C21H15ClF3N4O5/c22-17-6-3-13(9-16(17)21(23,24)25)28-20(32)27-12-1-4-14(5-2-12)34-15-7-8-26-18(10-15)19(31)29(33)11-30/h1-10,30H,11H2,(H2,27,28,32)/q-1. The van der Waals surface area contributed by atoms with Crippen molar-refractivity contribution in [1.29, 1.82) is 0 Å². The summed E-state index contributed by atoms with van der Waals surface area (Å²) in [5.74, 6) is -0.544. The molecule has 0 bridgehead atoms. The molecule has 0 atom stereocenters. The topological polar surface area (TPSA) is 127 Å². The number of alkyl halides is 3. The molecule has 34 heavy (non-hydrogen) atoms. The van der Waals surface area contributed by atoms with E-state index < -0.39 is 35.4 Å². The van der Waals surface area contributed by atoms with Crippen LogP contribution in [0.2, 0.25) is 5.02 Å².